The van der Waals surface area contributed by atoms with Crippen molar-refractivity contribution in [1.82, 2.24) is 0 Å². The Morgan fingerprint density at radius 2 is 0.525 bits per heavy atom. The van der Waals surface area contributed by atoms with Gasteiger partial charge in [-0.2, -0.15) is 0 Å². The van der Waals surface area contributed by atoms with E-state index in [2.05, 4.69) is 142 Å². The van der Waals surface area contributed by atoms with Gasteiger partial charge in [-0.3, -0.25) is 14.4 Å². The SMILES string of the molecule is CC/C=C\C/C=C\C/C=C\C/C=C\C/C=C\CC(=O)OC(COC(=O)CCCCCCC/C=C\C/C=C\CCCC)COC(=O)CCCCCCCCCCCCCCCCCCCCCC/C=C\C/C=C\C/C=C\C/C=C\CC. The second kappa shape index (κ2) is 67.1. The molecule has 0 saturated carbocycles. The van der Waals surface area contributed by atoms with Crippen molar-refractivity contribution >= 4 is 17.9 Å². The Hall–Kier alpha value is -4.45. The highest BCUT2D eigenvalue weighted by Crippen LogP contribution is 2.17. The Bertz CT molecular complexity index is 1700. The third-order valence-corrected chi connectivity index (χ3v) is 13.9. The van der Waals surface area contributed by atoms with E-state index in [0.29, 0.717) is 19.3 Å². The van der Waals surface area contributed by atoms with Gasteiger partial charge in [0.1, 0.15) is 13.2 Å². The normalized spacial score (nSPS) is 13.0. The van der Waals surface area contributed by atoms with E-state index in [-0.39, 0.29) is 31.6 Å². The summed E-state index contributed by atoms with van der Waals surface area (Å²) in [6.07, 6.45) is 95.1. The van der Waals surface area contributed by atoms with Crippen LogP contribution in [-0.2, 0) is 28.6 Å². The zero-order chi connectivity index (χ0) is 57.8. The zero-order valence-electron chi connectivity index (χ0n) is 52.0. The predicted molar refractivity (Wildman–Crippen MR) is 348 cm³/mol. The molecule has 454 valence electrons. The first-order valence-electron chi connectivity index (χ1n) is 33.2. The van der Waals surface area contributed by atoms with Crippen molar-refractivity contribution in [2.75, 3.05) is 13.2 Å². The third-order valence-electron chi connectivity index (χ3n) is 13.9. The van der Waals surface area contributed by atoms with Crippen molar-refractivity contribution < 1.29 is 28.6 Å². The van der Waals surface area contributed by atoms with Gasteiger partial charge in [0.25, 0.3) is 0 Å². The molecule has 0 N–H and O–H groups in total. The molecule has 0 saturated heterocycles. The molecule has 0 aliphatic heterocycles. The second-order valence-electron chi connectivity index (χ2n) is 21.6. The van der Waals surface area contributed by atoms with Crippen LogP contribution in [0.5, 0.6) is 0 Å². The van der Waals surface area contributed by atoms with E-state index in [1.807, 2.05) is 6.08 Å². The molecular weight excluding hydrogens is 985 g/mol. The van der Waals surface area contributed by atoms with Crippen molar-refractivity contribution in [3.8, 4) is 0 Å². The van der Waals surface area contributed by atoms with Crippen molar-refractivity contribution in [2.24, 2.45) is 0 Å². The molecule has 0 aromatic heterocycles. The van der Waals surface area contributed by atoms with Gasteiger partial charge in [0, 0.05) is 12.8 Å². The number of unbranched alkanes of at least 4 members (excludes halogenated alkanes) is 27. The highest BCUT2D eigenvalue weighted by molar-refractivity contribution is 5.72. The van der Waals surface area contributed by atoms with E-state index in [1.165, 1.54) is 135 Å². The maximum absolute atomic E-state index is 12.8. The average molecular weight is 1110 g/mol. The van der Waals surface area contributed by atoms with Crippen LogP contribution >= 0.6 is 0 Å². The van der Waals surface area contributed by atoms with E-state index in [4.69, 9.17) is 14.2 Å². The highest BCUT2D eigenvalue weighted by Gasteiger charge is 2.19. The van der Waals surface area contributed by atoms with Crippen LogP contribution in [0.25, 0.3) is 0 Å². The smallest absolute Gasteiger partial charge is 0.310 e. The van der Waals surface area contributed by atoms with Crippen molar-refractivity contribution in [3.05, 3.63) is 134 Å². The molecule has 6 heteroatoms. The van der Waals surface area contributed by atoms with Crippen LogP contribution < -0.4 is 0 Å². The Balaban J connectivity index is 4.22. The number of hydrogen-bond acceptors (Lipinski definition) is 6. The molecule has 0 fully saturated rings. The molecule has 80 heavy (non-hydrogen) atoms. The highest BCUT2D eigenvalue weighted by atomic mass is 16.6. The van der Waals surface area contributed by atoms with Gasteiger partial charge in [-0.15, -0.1) is 0 Å². The van der Waals surface area contributed by atoms with Gasteiger partial charge >= 0.3 is 17.9 Å². The molecule has 0 radical (unpaired) electrons. The standard InChI is InChI=1S/C74H122O6/c1-4-7-10-13-16-19-22-25-28-29-30-31-32-33-34-35-36-37-38-39-40-41-42-43-44-45-47-49-52-55-58-61-64-67-73(76)79-70-71(69-78-72(75)66-63-60-57-54-51-48-27-24-21-18-15-12-9-6-3)80-74(77)68-65-62-59-56-53-50-46-26-23-20-17-14-11-8-5-2/h7-8,10-11,15-20,24-28,30-31,46,53,56,62,65,71H,4-6,9,12-14,21-23,29,32-45,47-52,54-55,57-61,63-64,66-70H2,1-3H3/b10-7-,11-8-,18-15-,19-16-,20-17-,27-24-,28-25-,31-30-,46-26-,56-53-,65-62-. The van der Waals surface area contributed by atoms with Crippen LogP contribution in [0.4, 0.5) is 0 Å². The van der Waals surface area contributed by atoms with Gasteiger partial charge in [0.05, 0.1) is 6.42 Å². The van der Waals surface area contributed by atoms with Gasteiger partial charge in [-0.05, 0) is 109 Å². The Morgan fingerprint density at radius 3 is 0.825 bits per heavy atom. The van der Waals surface area contributed by atoms with Crippen LogP contribution in [0.2, 0.25) is 0 Å². The quantitative estimate of drug-likeness (QED) is 0.0261. The molecule has 0 spiro atoms. The Kier molecular flexibility index (Phi) is 63.3. The van der Waals surface area contributed by atoms with E-state index in [0.717, 1.165) is 116 Å². The summed E-state index contributed by atoms with van der Waals surface area (Å²) in [4.78, 5) is 38.2. The molecule has 0 aliphatic rings. The van der Waals surface area contributed by atoms with Gasteiger partial charge in [-0.25, -0.2) is 0 Å². The largest absolute Gasteiger partial charge is 0.462 e. The van der Waals surface area contributed by atoms with Crippen molar-refractivity contribution in [3.63, 3.8) is 0 Å². The van der Waals surface area contributed by atoms with Crippen LogP contribution in [0.3, 0.4) is 0 Å². The minimum absolute atomic E-state index is 0.0914. The summed E-state index contributed by atoms with van der Waals surface area (Å²) >= 11 is 0. The first kappa shape index (κ1) is 75.5. The molecule has 0 amide bonds. The average Bonchev–Trinajstić information content (AvgIpc) is 3.46. The van der Waals surface area contributed by atoms with E-state index in [9.17, 15) is 14.4 Å². The molecule has 1 unspecified atom stereocenters. The lowest BCUT2D eigenvalue weighted by atomic mass is 10.0. The molecule has 0 bridgehead atoms. The molecule has 0 heterocycles. The molecule has 1 atom stereocenters. The second-order valence-corrected chi connectivity index (χ2v) is 21.6. The fourth-order valence-electron chi connectivity index (χ4n) is 9.00. The fourth-order valence-corrected chi connectivity index (χ4v) is 9.00. The molecule has 6 nitrogen and oxygen atoms in total. The third kappa shape index (κ3) is 64.4. The minimum Gasteiger partial charge on any atom is -0.462 e. The Morgan fingerprint density at radius 1 is 0.275 bits per heavy atom. The summed E-state index contributed by atoms with van der Waals surface area (Å²) in [7, 11) is 0. The first-order valence-corrected chi connectivity index (χ1v) is 33.2. The lowest BCUT2D eigenvalue weighted by molar-refractivity contribution is -0.166. The summed E-state index contributed by atoms with van der Waals surface area (Å²) in [6, 6.07) is 0. The maximum Gasteiger partial charge on any atom is 0.310 e. The fraction of sp³-hybridized carbons (Fsp3) is 0.662. The summed E-state index contributed by atoms with van der Waals surface area (Å²) in [6.45, 7) is 6.29. The first-order chi connectivity index (χ1) is 39.5. The predicted octanol–water partition coefficient (Wildman–Crippen LogP) is 22.9. The molecule has 0 aromatic carbocycles. The lowest BCUT2D eigenvalue weighted by Gasteiger charge is -2.18. The van der Waals surface area contributed by atoms with Crippen molar-refractivity contribution in [2.45, 2.75) is 303 Å². The van der Waals surface area contributed by atoms with E-state index >= 15 is 0 Å². The number of allylic oxidation sites excluding steroid dienone is 21. The van der Waals surface area contributed by atoms with Crippen LogP contribution in [0.15, 0.2) is 134 Å². The summed E-state index contributed by atoms with van der Waals surface area (Å²) in [5.74, 6) is -1.06. The van der Waals surface area contributed by atoms with Gasteiger partial charge < -0.3 is 14.2 Å². The van der Waals surface area contributed by atoms with Crippen LogP contribution in [0.1, 0.15) is 297 Å². The Labute approximate surface area is 494 Å². The zero-order valence-corrected chi connectivity index (χ0v) is 52.0. The number of esters is 3. The van der Waals surface area contributed by atoms with Crippen LogP contribution in [0, 0.1) is 0 Å². The minimum atomic E-state index is -0.841. The number of carbonyl (C=O) groups is 3. The molecule has 0 aromatic rings. The monoisotopic (exact) mass is 1110 g/mol. The molecular formula is C74H122O6. The number of ether oxygens (including phenoxy) is 3. The summed E-state index contributed by atoms with van der Waals surface area (Å²) in [5.41, 5.74) is 0. The number of rotatable bonds is 59. The van der Waals surface area contributed by atoms with E-state index < -0.39 is 12.1 Å². The number of hydrogen-bond donors (Lipinski definition) is 0. The van der Waals surface area contributed by atoms with Gasteiger partial charge in [0.2, 0.25) is 0 Å². The van der Waals surface area contributed by atoms with Crippen LogP contribution in [-0.4, -0.2) is 37.2 Å². The topological polar surface area (TPSA) is 78.9 Å². The van der Waals surface area contributed by atoms with Gasteiger partial charge in [0.15, 0.2) is 6.10 Å². The van der Waals surface area contributed by atoms with E-state index in [1.54, 1.807) is 6.08 Å². The molecule has 0 rings (SSSR count). The molecule has 0 aliphatic carbocycles. The lowest BCUT2D eigenvalue weighted by Crippen LogP contribution is -2.30. The van der Waals surface area contributed by atoms with Crippen molar-refractivity contribution in [1.29, 1.82) is 0 Å². The van der Waals surface area contributed by atoms with Gasteiger partial charge in [-0.1, -0.05) is 302 Å². The number of carbonyl (C=O) groups excluding carboxylic acids is 3. The maximum atomic E-state index is 12.8. The summed E-state index contributed by atoms with van der Waals surface area (Å²) < 4.78 is 16.8. The summed E-state index contributed by atoms with van der Waals surface area (Å²) in [5, 5.41) is 0.